The Kier molecular flexibility index (Phi) is 4.29. The maximum absolute atomic E-state index is 6.45. The zero-order chi connectivity index (χ0) is 19.1. The Morgan fingerprint density at radius 3 is 2.21 bits per heavy atom. The van der Waals surface area contributed by atoms with E-state index >= 15 is 0 Å². The Hall–Kier alpha value is -2.50. The summed E-state index contributed by atoms with van der Waals surface area (Å²) in [5.74, 6) is 4.98. The highest BCUT2D eigenvalue weighted by atomic mass is 16.5. The molecule has 4 aliphatic rings. The second kappa shape index (κ2) is 6.83. The van der Waals surface area contributed by atoms with E-state index in [4.69, 9.17) is 10.5 Å². The fraction of sp³-hybridized carbons (Fsp3) is 0.545. The number of nitrogens with two attached hydrogens (primary N) is 1. The molecule has 4 bridgehead atoms. The number of ether oxygens (including phenoxy) is 1. The van der Waals surface area contributed by atoms with Gasteiger partial charge in [0.2, 0.25) is 0 Å². The molecule has 0 spiro atoms. The molecule has 4 aliphatic carbocycles. The van der Waals surface area contributed by atoms with Crippen LogP contribution in [0.4, 0.5) is 17.3 Å². The molecule has 4 saturated carbocycles. The van der Waals surface area contributed by atoms with Gasteiger partial charge in [-0.15, -0.1) is 0 Å². The first-order chi connectivity index (χ1) is 13.6. The highest BCUT2D eigenvalue weighted by molar-refractivity contribution is 5.74. The van der Waals surface area contributed by atoms with Gasteiger partial charge in [-0.25, -0.2) is 9.97 Å². The summed E-state index contributed by atoms with van der Waals surface area (Å²) in [6.07, 6.45) is 9.67. The molecule has 0 saturated heterocycles. The Morgan fingerprint density at radius 1 is 1.00 bits per heavy atom. The lowest BCUT2D eigenvalue weighted by molar-refractivity contribution is 0.0106. The van der Waals surface area contributed by atoms with Crippen molar-refractivity contribution in [2.45, 2.75) is 50.6 Å². The summed E-state index contributed by atoms with van der Waals surface area (Å²) in [6.45, 7) is 0.655. The van der Waals surface area contributed by atoms with E-state index in [9.17, 15) is 0 Å². The van der Waals surface area contributed by atoms with Crippen molar-refractivity contribution in [2.75, 3.05) is 23.5 Å². The van der Waals surface area contributed by atoms with E-state index < -0.39 is 0 Å². The maximum atomic E-state index is 6.45. The monoisotopic (exact) mass is 379 g/mol. The van der Waals surface area contributed by atoms with Crippen molar-refractivity contribution >= 4 is 17.3 Å². The molecule has 4 N–H and O–H groups in total. The molecule has 0 radical (unpaired) electrons. The van der Waals surface area contributed by atoms with Gasteiger partial charge in [-0.1, -0.05) is 12.1 Å². The van der Waals surface area contributed by atoms with Crippen LogP contribution in [0.25, 0.3) is 0 Å². The number of nitrogen functional groups attached to an aromatic ring is 1. The number of benzene rings is 1. The van der Waals surface area contributed by atoms with Gasteiger partial charge in [0.25, 0.3) is 0 Å². The van der Waals surface area contributed by atoms with Crippen molar-refractivity contribution < 1.29 is 4.74 Å². The number of methoxy groups -OCH3 is 1. The molecule has 148 valence electrons. The molecular weight excluding hydrogens is 350 g/mol. The van der Waals surface area contributed by atoms with Crippen molar-refractivity contribution in [1.82, 2.24) is 9.97 Å². The zero-order valence-corrected chi connectivity index (χ0v) is 16.4. The fourth-order valence-electron chi connectivity index (χ4n) is 6.08. The number of anilines is 3. The van der Waals surface area contributed by atoms with Crippen LogP contribution in [0.1, 0.15) is 44.1 Å². The SMILES string of the molecule is COc1ccc(CNc2ncnc(NC34CC5CC(CC(C5)C3)C4)c2N)cc1. The summed E-state index contributed by atoms with van der Waals surface area (Å²) in [4.78, 5) is 8.86. The van der Waals surface area contributed by atoms with E-state index in [0.29, 0.717) is 18.1 Å². The quantitative estimate of drug-likeness (QED) is 0.702. The summed E-state index contributed by atoms with van der Waals surface area (Å²) >= 11 is 0. The van der Waals surface area contributed by atoms with Crippen molar-refractivity contribution in [3.63, 3.8) is 0 Å². The van der Waals surface area contributed by atoms with E-state index in [1.165, 1.54) is 38.5 Å². The lowest BCUT2D eigenvalue weighted by Gasteiger charge is -2.57. The van der Waals surface area contributed by atoms with Gasteiger partial charge >= 0.3 is 0 Å². The molecule has 28 heavy (non-hydrogen) atoms. The van der Waals surface area contributed by atoms with Gasteiger partial charge in [-0.2, -0.15) is 0 Å². The molecule has 6 nitrogen and oxygen atoms in total. The van der Waals surface area contributed by atoms with E-state index in [0.717, 1.165) is 34.9 Å². The van der Waals surface area contributed by atoms with Crippen LogP contribution in [0.3, 0.4) is 0 Å². The molecule has 0 unspecified atom stereocenters. The van der Waals surface area contributed by atoms with E-state index in [2.05, 4.69) is 20.6 Å². The molecule has 6 heteroatoms. The Balaban J connectivity index is 1.30. The molecule has 0 aliphatic heterocycles. The minimum Gasteiger partial charge on any atom is -0.497 e. The average Bonchev–Trinajstić information content (AvgIpc) is 2.68. The second-order valence-electron chi connectivity index (χ2n) is 9.01. The highest BCUT2D eigenvalue weighted by Gasteiger charge is 2.51. The van der Waals surface area contributed by atoms with Gasteiger partial charge in [0.15, 0.2) is 11.6 Å². The van der Waals surface area contributed by atoms with Gasteiger partial charge in [0.05, 0.1) is 7.11 Å². The highest BCUT2D eigenvalue weighted by Crippen LogP contribution is 2.56. The van der Waals surface area contributed by atoms with E-state index in [1.807, 2.05) is 24.3 Å². The minimum absolute atomic E-state index is 0.185. The maximum Gasteiger partial charge on any atom is 0.155 e. The molecule has 0 atom stereocenters. The van der Waals surface area contributed by atoms with Crippen molar-refractivity contribution in [1.29, 1.82) is 0 Å². The topological polar surface area (TPSA) is 85.1 Å². The van der Waals surface area contributed by atoms with E-state index in [-0.39, 0.29) is 5.54 Å². The van der Waals surface area contributed by atoms with Crippen molar-refractivity contribution in [3.8, 4) is 5.75 Å². The first-order valence-electron chi connectivity index (χ1n) is 10.4. The van der Waals surface area contributed by atoms with Crippen LogP contribution in [0.2, 0.25) is 0 Å². The van der Waals surface area contributed by atoms with Crippen LogP contribution in [0.5, 0.6) is 5.75 Å². The summed E-state index contributed by atoms with van der Waals surface area (Å²) in [7, 11) is 1.67. The number of rotatable bonds is 6. The van der Waals surface area contributed by atoms with Crippen LogP contribution in [-0.2, 0) is 6.54 Å². The number of aromatic nitrogens is 2. The second-order valence-corrected chi connectivity index (χ2v) is 9.01. The lowest BCUT2D eigenvalue weighted by Crippen LogP contribution is -2.55. The third-order valence-electron chi connectivity index (χ3n) is 6.92. The predicted octanol–water partition coefficient (Wildman–Crippen LogP) is 4.06. The van der Waals surface area contributed by atoms with Crippen LogP contribution in [-0.4, -0.2) is 22.6 Å². The fourth-order valence-corrected chi connectivity index (χ4v) is 6.08. The van der Waals surface area contributed by atoms with Gasteiger partial charge in [-0.3, -0.25) is 0 Å². The normalized spacial score (nSPS) is 30.2. The number of hydrogen-bond donors (Lipinski definition) is 3. The molecule has 4 fully saturated rings. The summed E-state index contributed by atoms with van der Waals surface area (Å²) < 4.78 is 5.21. The molecule has 1 aromatic heterocycles. The first kappa shape index (κ1) is 17.6. The summed E-state index contributed by atoms with van der Waals surface area (Å²) in [5.41, 5.74) is 8.40. The number of nitrogens with zero attached hydrogens (tertiary/aromatic N) is 2. The average molecular weight is 380 g/mol. The van der Waals surface area contributed by atoms with Crippen molar-refractivity contribution in [3.05, 3.63) is 36.2 Å². The summed E-state index contributed by atoms with van der Waals surface area (Å²) in [5, 5.41) is 7.13. The molecule has 1 heterocycles. The summed E-state index contributed by atoms with van der Waals surface area (Å²) in [6, 6.07) is 8.00. The van der Waals surface area contributed by atoms with Crippen molar-refractivity contribution in [2.24, 2.45) is 17.8 Å². The third-order valence-corrected chi connectivity index (χ3v) is 6.92. The molecular formula is C22H29N5O. The lowest BCUT2D eigenvalue weighted by atomic mass is 9.53. The Morgan fingerprint density at radius 2 is 1.61 bits per heavy atom. The zero-order valence-electron chi connectivity index (χ0n) is 16.4. The third kappa shape index (κ3) is 3.25. The Bertz CT molecular complexity index is 815. The number of hydrogen-bond acceptors (Lipinski definition) is 6. The van der Waals surface area contributed by atoms with Gasteiger partial charge < -0.3 is 21.1 Å². The molecule has 1 aromatic carbocycles. The van der Waals surface area contributed by atoms with Gasteiger partial charge in [0.1, 0.15) is 17.8 Å². The predicted molar refractivity (Wildman–Crippen MR) is 111 cm³/mol. The minimum atomic E-state index is 0.185. The van der Waals surface area contributed by atoms with Crippen LogP contribution in [0.15, 0.2) is 30.6 Å². The number of nitrogens with one attached hydrogen (secondary N) is 2. The standard InChI is InChI=1S/C22H29N5O/c1-28-18-4-2-14(3-5-18)12-24-20-19(23)21(26-13-25-20)27-22-9-15-6-16(10-22)8-17(7-15)11-22/h2-5,13,15-17H,6-12,23H2,1H3,(H2,24,25,26,27). The van der Waals surface area contributed by atoms with Crippen LogP contribution < -0.4 is 21.1 Å². The van der Waals surface area contributed by atoms with E-state index in [1.54, 1.807) is 13.4 Å². The largest absolute Gasteiger partial charge is 0.497 e. The first-order valence-corrected chi connectivity index (χ1v) is 10.4. The van der Waals surface area contributed by atoms with Gasteiger partial charge in [-0.05, 0) is 74.0 Å². The molecule has 2 aromatic rings. The molecule has 6 rings (SSSR count). The molecule has 0 amide bonds. The smallest absolute Gasteiger partial charge is 0.155 e. The van der Waals surface area contributed by atoms with Crippen LogP contribution >= 0.6 is 0 Å². The van der Waals surface area contributed by atoms with Crippen LogP contribution in [0, 0.1) is 17.8 Å². The Labute approximate surface area is 166 Å². The van der Waals surface area contributed by atoms with Gasteiger partial charge in [0, 0.05) is 12.1 Å².